The van der Waals surface area contributed by atoms with Crippen LogP contribution in [0, 0.1) is 29.1 Å². The Hall–Kier alpha value is -3.07. The van der Waals surface area contributed by atoms with E-state index in [0.29, 0.717) is 0 Å². The zero-order valence-corrected chi connectivity index (χ0v) is 13.5. The Morgan fingerprint density at radius 2 is 1.56 bits per heavy atom. The van der Waals surface area contributed by atoms with Crippen molar-refractivity contribution in [3.8, 4) is 0 Å². The molecule has 0 aliphatic heterocycles. The molecule has 0 saturated carbocycles. The largest absolute Gasteiger partial charge is 0.389 e. The van der Waals surface area contributed by atoms with Crippen LogP contribution in [0.15, 0.2) is 41.6 Å². The van der Waals surface area contributed by atoms with Crippen molar-refractivity contribution in [2.45, 2.75) is 12.5 Å². The Morgan fingerprint density at radius 1 is 1.00 bits per heavy atom. The molecule has 0 saturated heterocycles. The molecule has 0 aromatic heterocycles. The normalized spacial score (nSPS) is 12.7. The van der Waals surface area contributed by atoms with Crippen molar-refractivity contribution in [2.75, 3.05) is 0 Å². The van der Waals surface area contributed by atoms with Crippen molar-refractivity contribution in [1.29, 1.82) is 0 Å². The van der Waals surface area contributed by atoms with Gasteiger partial charge in [-0.15, -0.1) is 0 Å². The third kappa shape index (κ3) is 4.98. The SMILES string of the molecule is O=C(O/N=C/CC(O)/C=C/c1ccccc1)c1c(F)c(F)c(F)c(F)c1F. The molecule has 0 amide bonds. The van der Waals surface area contributed by atoms with Gasteiger partial charge in [0, 0.05) is 12.6 Å². The fourth-order valence-corrected chi connectivity index (χ4v) is 1.93. The molecule has 0 aliphatic rings. The molecule has 0 aliphatic carbocycles. The number of hydrogen-bond acceptors (Lipinski definition) is 4. The van der Waals surface area contributed by atoms with Crippen LogP contribution in [-0.4, -0.2) is 23.4 Å². The number of hydrogen-bond donors (Lipinski definition) is 1. The molecular weight excluding hydrogens is 373 g/mol. The van der Waals surface area contributed by atoms with Crippen molar-refractivity contribution in [3.63, 3.8) is 0 Å². The number of rotatable bonds is 6. The molecule has 4 nitrogen and oxygen atoms in total. The monoisotopic (exact) mass is 385 g/mol. The van der Waals surface area contributed by atoms with Crippen molar-refractivity contribution in [1.82, 2.24) is 0 Å². The molecule has 0 fully saturated rings. The van der Waals surface area contributed by atoms with Crippen LogP contribution in [0.3, 0.4) is 0 Å². The lowest BCUT2D eigenvalue weighted by Crippen LogP contribution is -2.14. The molecule has 1 atom stereocenters. The Balaban J connectivity index is 1.97. The number of carbonyl (C=O) groups excluding carboxylic acids is 1. The predicted octanol–water partition coefficient (Wildman–Crippen LogP) is 3.99. The lowest BCUT2D eigenvalue weighted by molar-refractivity contribution is 0.0502. The first kappa shape index (κ1) is 20.2. The van der Waals surface area contributed by atoms with Crippen LogP contribution in [-0.2, 0) is 4.84 Å². The second-order valence-corrected chi connectivity index (χ2v) is 5.18. The Kier molecular flexibility index (Phi) is 6.78. The van der Waals surface area contributed by atoms with Crippen LogP contribution < -0.4 is 0 Å². The van der Waals surface area contributed by atoms with Gasteiger partial charge in [0.1, 0.15) is 5.56 Å². The maximum absolute atomic E-state index is 13.4. The average Bonchev–Trinajstić information content (AvgIpc) is 2.67. The topological polar surface area (TPSA) is 58.9 Å². The van der Waals surface area contributed by atoms with Gasteiger partial charge in [-0.05, 0) is 5.56 Å². The highest BCUT2D eigenvalue weighted by molar-refractivity contribution is 5.90. The summed E-state index contributed by atoms with van der Waals surface area (Å²) >= 11 is 0. The number of carbonyl (C=O) groups is 1. The molecule has 2 aromatic carbocycles. The van der Waals surface area contributed by atoms with Gasteiger partial charge >= 0.3 is 5.97 Å². The number of benzene rings is 2. The standard InChI is InChI=1S/C18H12F5NO3/c19-13-12(14(20)16(22)17(23)15(13)21)18(26)27-24-9-8-11(25)7-6-10-4-2-1-3-5-10/h1-7,9,11,25H,8H2/b7-6+,24-9+. The molecule has 0 radical (unpaired) electrons. The maximum Gasteiger partial charge on any atom is 0.371 e. The van der Waals surface area contributed by atoms with E-state index in [1.807, 2.05) is 6.07 Å². The molecule has 2 aromatic rings. The highest BCUT2D eigenvalue weighted by Gasteiger charge is 2.30. The number of aliphatic hydroxyl groups excluding tert-OH is 1. The van der Waals surface area contributed by atoms with Crippen LogP contribution in [0.5, 0.6) is 0 Å². The van der Waals surface area contributed by atoms with Crippen molar-refractivity contribution < 1.29 is 36.7 Å². The zero-order chi connectivity index (χ0) is 20.0. The van der Waals surface area contributed by atoms with E-state index in [0.717, 1.165) is 11.8 Å². The van der Waals surface area contributed by atoms with Crippen molar-refractivity contribution in [3.05, 3.63) is 76.6 Å². The van der Waals surface area contributed by atoms with Gasteiger partial charge in [0.15, 0.2) is 23.3 Å². The summed E-state index contributed by atoms with van der Waals surface area (Å²) in [5, 5.41) is 12.8. The van der Waals surface area contributed by atoms with Crippen LogP contribution in [0.4, 0.5) is 22.0 Å². The Labute approximate surface area is 150 Å². The summed E-state index contributed by atoms with van der Waals surface area (Å²) in [4.78, 5) is 15.6. The van der Waals surface area contributed by atoms with Gasteiger partial charge in [0.25, 0.3) is 0 Å². The minimum Gasteiger partial charge on any atom is -0.389 e. The first-order chi connectivity index (χ1) is 12.8. The number of nitrogens with zero attached hydrogens (tertiary/aromatic N) is 1. The summed E-state index contributed by atoms with van der Waals surface area (Å²) < 4.78 is 65.8. The summed E-state index contributed by atoms with van der Waals surface area (Å²) in [5.41, 5.74) is -0.931. The zero-order valence-electron chi connectivity index (χ0n) is 13.5. The van der Waals surface area contributed by atoms with E-state index >= 15 is 0 Å². The van der Waals surface area contributed by atoms with E-state index in [4.69, 9.17) is 0 Å². The van der Waals surface area contributed by atoms with Gasteiger partial charge in [0.2, 0.25) is 5.82 Å². The molecule has 0 bridgehead atoms. The molecule has 1 N–H and O–H groups in total. The third-order valence-electron chi connectivity index (χ3n) is 3.28. The second-order valence-electron chi connectivity index (χ2n) is 5.18. The predicted molar refractivity (Wildman–Crippen MR) is 86.2 cm³/mol. The van der Waals surface area contributed by atoms with Crippen LogP contribution in [0.1, 0.15) is 22.3 Å². The van der Waals surface area contributed by atoms with E-state index in [2.05, 4.69) is 9.99 Å². The molecule has 27 heavy (non-hydrogen) atoms. The highest BCUT2D eigenvalue weighted by atomic mass is 19.2. The van der Waals surface area contributed by atoms with Crippen molar-refractivity contribution >= 4 is 18.3 Å². The molecule has 0 spiro atoms. The van der Waals surface area contributed by atoms with Crippen LogP contribution in [0.25, 0.3) is 6.08 Å². The van der Waals surface area contributed by atoms with E-state index in [9.17, 15) is 31.9 Å². The number of aliphatic hydroxyl groups is 1. The summed E-state index contributed by atoms with van der Waals surface area (Å²) in [6.45, 7) is 0. The number of halogens is 5. The summed E-state index contributed by atoms with van der Waals surface area (Å²) in [7, 11) is 0. The van der Waals surface area contributed by atoms with E-state index in [-0.39, 0.29) is 6.42 Å². The van der Waals surface area contributed by atoms with E-state index in [1.165, 1.54) is 6.08 Å². The summed E-state index contributed by atoms with van der Waals surface area (Å²) in [5.74, 6) is -13.4. The first-order valence-electron chi connectivity index (χ1n) is 7.48. The molecule has 2 rings (SSSR count). The van der Waals surface area contributed by atoms with Gasteiger partial charge in [-0.1, -0.05) is 47.6 Å². The number of oxime groups is 1. The lowest BCUT2D eigenvalue weighted by Gasteiger charge is -2.05. The lowest BCUT2D eigenvalue weighted by atomic mass is 10.1. The van der Waals surface area contributed by atoms with Gasteiger partial charge in [0.05, 0.1) is 6.10 Å². The molecule has 142 valence electrons. The Morgan fingerprint density at radius 3 is 2.15 bits per heavy atom. The van der Waals surface area contributed by atoms with Crippen LogP contribution in [0.2, 0.25) is 0 Å². The second kappa shape index (κ2) is 9.04. The highest BCUT2D eigenvalue weighted by Crippen LogP contribution is 2.23. The fourth-order valence-electron chi connectivity index (χ4n) is 1.93. The maximum atomic E-state index is 13.4. The quantitative estimate of drug-likeness (QED) is 0.204. The minimum absolute atomic E-state index is 0.131. The third-order valence-corrected chi connectivity index (χ3v) is 3.28. The smallest absolute Gasteiger partial charge is 0.371 e. The van der Waals surface area contributed by atoms with E-state index < -0.39 is 46.7 Å². The Bertz CT molecular complexity index is 855. The van der Waals surface area contributed by atoms with Gasteiger partial charge < -0.3 is 9.94 Å². The summed E-state index contributed by atoms with van der Waals surface area (Å²) in [6, 6.07) is 9.00. The molecule has 0 heterocycles. The molecular formula is C18H12F5NO3. The first-order valence-corrected chi connectivity index (χ1v) is 7.48. The van der Waals surface area contributed by atoms with Gasteiger partial charge in [-0.25, -0.2) is 26.7 Å². The fraction of sp³-hybridized carbons (Fsp3) is 0.111. The minimum atomic E-state index is -2.39. The molecule has 9 heteroatoms. The van der Waals surface area contributed by atoms with E-state index in [1.54, 1.807) is 30.3 Å². The molecule has 1 unspecified atom stereocenters. The average molecular weight is 385 g/mol. The van der Waals surface area contributed by atoms with Gasteiger partial charge in [-0.3, -0.25) is 0 Å². The summed E-state index contributed by atoms with van der Waals surface area (Å²) in [6.07, 6.45) is 2.81. The van der Waals surface area contributed by atoms with Crippen molar-refractivity contribution in [2.24, 2.45) is 5.16 Å². The van der Waals surface area contributed by atoms with Crippen LogP contribution >= 0.6 is 0 Å². The van der Waals surface area contributed by atoms with Gasteiger partial charge in [-0.2, -0.15) is 0 Å².